The molecular weight excluding hydrogens is 306 g/mol. The minimum Gasteiger partial charge on any atom is -0.465 e. The summed E-state index contributed by atoms with van der Waals surface area (Å²) in [6.45, 7) is 5.66. The number of ether oxygens (including phenoxy) is 1. The molecule has 2 aliphatic rings. The van der Waals surface area contributed by atoms with Gasteiger partial charge in [-0.2, -0.15) is 0 Å². The zero-order valence-corrected chi connectivity index (χ0v) is 14.6. The number of nitrogens with one attached hydrogen (secondary N) is 2. The Balaban J connectivity index is 1.55. The van der Waals surface area contributed by atoms with Gasteiger partial charge in [-0.15, -0.1) is 0 Å². The van der Waals surface area contributed by atoms with Gasteiger partial charge < -0.3 is 19.8 Å². The molecule has 6 nitrogen and oxygen atoms in total. The lowest BCUT2D eigenvalue weighted by Gasteiger charge is -2.33. The fourth-order valence-electron chi connectivity index (χ4n) is 3.60. The summed E-state index contributed by atoms with van der Waals surface area (Å²) >= 11 is 0. The molecule has 2 amide bonds. The minimum absolute atomic E-state index is 0.0553. The minimum atomic E-state index is -0.0663. The number of urea groups is 1. The first-order valence-electron chi connectivity index (χ1n) is 9.15. The van der Waals surface area contributed by atoms with Crippen LogP contribution in [0, 0.1) is 6.92 Å². The molecule has 1 saturated heterocycles. The first-order valence-corrected chi connectivity index (χ1v) is 9.15. The number of furan rings is 1. The van der Waals surface area contributed by atoms with Crippen molar-refractivity contribution in [1.82, 2.24) is 15.5 Å². The first kappa shape index (κ1) is 17.3. The number of aryl methyl sites for hydroxylation is 1. The summed E-state index contributed by atoms with van der Waals surface area (Å²) in [6.07, 6.45) is 5.91. The molecule has 1 aliphatic heterocycles. The largest absolute Gasteiger partial charge is 0.465 e. The smallest absolute Gasteiger partial charge is 0.315 e. The molecule has 1 aliphatic carbocycles. The van der Waals surface area contributed by atoms with Crippen LogP contribution in [0.2, 0.25) is 0 Å². The predicted octanol–water partition coefficient (Wildman–Crippen LogP) is 2.59. The number of rotatable bonds is 5. The summed E-state index contributed by atoms with van der Waals surface area (Å²) in [5.74, 6) is 1.81. The van der Waals surface area contributed by atoms with Gasteiger partial charge in [0.05, 0.1) is 19.3 Å². The number of morpholine rings is 1. The van der Waals surface area contributed by atoms with Gasteiger partial charge >= 0.3 is 6.03 Å². The van der Waals surface area contributed by atoms with Gasteiger partial charge in [0.25, 0.3) is 0 Å². The Labute approximate surface area is 143 Å². The molecule has 2 fully saturated rings. The van der Waals surface area contributed by atoms with Gasteiger partial charge in [-0.1, -0.05) is 19.3 Å². The number of amides is 2. The van der Waals surface area contributed by atoms with E-state index in [1.54, 1.807) is 0 Å². The van der Waals surface area contributed by atoms with E-state index in [0.29, 0.717) is 12.6 Å². The van der Waals surface area contributed by atoms with Crippen LogP contribution in [0.3, 0.4) is 0 Å². The highest BCUT2D eigenvalue weighted by molar-refractivity contribution is 5.74. The number of carbonyl (C=O) groups is 1. The molecule has 6 heteroatoms. The van der Waals surface area contributed by atoms with Crippen molar-refractivity contribution in [3.63, 3.8) is 0 Å². The molecule has 2 N–H and O–H groups in total. The summed E-state index contributed by atoms with van der Waals surface area (Å²) in [4.78, 5) is 14.6. The highest BCUT2D eigenvalue weighted by Crippen LogP contribution is 2.23. The maximum Gasteiger partial charge on any atom is 0.315 e. The quantitative estimate of drug-likeness (QED) is 0.868. The molecular formula is C18H29N3O3. The lowest BCUT2D eigenvalue weighted by molar-refractivity contribution is 0.0121. The molecule has 1 saturated carbocycles. The molecule has 0 radical (unpaired) electrons. The van der Waals surface area contributed by atoms with Crippen molar-refractivity contribution in [2.75, 3.05) is 32.8 Å². The first-order chi connectivity index (χ1) is 11.7. The zero-order chi connectivity index (χ0) is 16.8. The summed E-state index contributed by atoms with van der Waals surface area (Å²) < 4.78 is 11.3. The normalized spacial score (nSPS) is 21.4. The van der Waals surface area contributed by atoms with Gasteiger partial charge in [-0.3, -0.25) is 4.90 Å². The lowest BCUT2D eigenvalue weighted by atomic mass is 9.96. The molecule has 0 aromatic carbocycles. The summed E-state index contributed by atoms with van der Waals surface area (Å²) in [7, 11) is 0. The fourth-order valence-corrected chi connectivity index (χ4v) is 3.60. The van der Waals surface area contributed by atoms with Crippen molar-refractivity contribution in [1.29, 1.82) is 0 Å². The van der Waals surface area contributed by atoms with E-state index in [0.717, 1.165) is 50.7 Å². The van der Waals surface area contributed by atoms with E-state index >= 15 is 0 Å². The molecule has 0 bridgehead atoms. The summed E-state index contributed by atoms with van der Waals surface area (Å²) in [6, 6.07) is 4.30. The Bertz CT molecular complexity index is 519. The van der Waals surface area contributed by atoms with E-state index in [9.17, 15) is 4.79 Å². The van der Waals surface area contributed by atoms with Crippen molar-refractivity contribution in [2.45, 2.75) is 51.1 Å². The van der Waals surface area contributed by atoms with Gasteiger partial charge in [-0.05, 0) is 31.9 Å². The number of nitrogens with zero attached hydrogens (tertiary/aromatic N) is 1. The molecule has 3 rings (SSSR count). The average Bonchev–Trinajstić information content (AvgIpc) is 3.03. The highest BCUT2D eigenvalue weighted by Gasteiger charge is 2.26. The van der Waals surface area contributed by atoms with Crippen LogP contribution in [0.25, 0.3) is 0 Å². The lowest BCUT2D eigenvalue weighted by Crippen LogP contribution is -2.47. The second-order valence-corrected chi connectivity index (χ2v) is 6.80. The number of hydrogen-bond acceptors (Lipinski definition) is 4. The molecule has 24 heavy (non-hydrogen) atoms. The van der Waals surface area contributed by atoms with Crippen molar-refractivity contribution in [2.24, 2.45) is 0 Å². The molecule has 1 atom stereocenters. The Hall–Kier alpha value is -1.53. The van der Waals surface area contributed by atoms with E-state index in [2.05, 4.69) is 15.5 Å². The molecule has 0 unspecified atom stereocenters. The van der Waals surface area contributed by atoms with E-state index < -0.39 is 0 Å². The van der Waals surface area contributed by atoms with Crippen LogP contribution < -0.4 is 10.6 Å². The maximum atomic E-state index is 12.2. The predicted molar refractivity (Wildman–Crippen MR) is 92.0 cm³/mol. The van der Waals surface area contributed by atoms with Gasteiger partial charge in [0, 0.05) is 25.7 Å². The van der Waals surface area contributed by atoms with Gasteiger partial charge in [0.1, 0.15) is 11.5 Å². The van der Waals surface area contributed by atoms with Crippen molar-refractivity contribution in [3.8, 4) is 0 Å². The Morgan fingerprint density at radius 3 is 2.67 bits per heavy atom. The van der Waals surface area contributed by atoms with Crippen LogP contribution in [0.4, 0.5) is 4.79 Å². The van der Waals surface area contributed by atoms with Crippen molar-refractivity contribution in [3.05, 3.63) is 23.7 Å². The molecule has 1 aromatic heterocycles. The Morgan fingerprint density at radius 2 is 2.00 bits per heavy atom. The van der Waals surface area contributed by atoms with Crippen LogP contribution in [-0.2, 0) is 4.74 Å². The van der Waals surface area contributed by atoms with E-state index in [1.165, 1.54) is 19.3 Å². The molecule has 1 aromatic rings. The second-order valence-electron chi connectivity index (χ2n) is 6.80. The number of hydrogen-bond donors (Lipinski definition) is 2. The average molecular weight is 335 g/mol. The second kappa shape index (κ2) is 8.53. The third-order valence-corrected chi connectivity index (χ3v) is 4.97. The van der Waals surface area contributed by atoms with Crippen LogP contribution in [0.5, 0.6) is 0 Å². The highest BCUT2D eigenvalue weighted by atomic mass is 16.5. The Kier molecular flexibility index (Phi) is 6.15. The summed E-state index contributed by atoms with van der Waals surface area (Å²) in [5.41, 5.74) is 0. The van der Waals surface area contributed by atoms with E-state index in [1.807, 2.05) is 19.1 Å². The topological polar surface area (TPSA) is 66.7 Å². The standard InChI is InChI=1S/C18H29N3O3/c1-14-7-8-17(24-14)16(21-9-11-23-12-10-21)13-19-18(22)20-15-5-3-2-4-6-15/h7-8,15-16H,2-6,9-13H2,1H3,(H2,19,20,22)/t16-/m0/s1. The van der Waals surface area contributed by atoms with Crippen LogP contribution in [-0.4, -0.2) is 49.8 Å². The third-order valence-electron chi connectivity index (χ3n) is 4.97. The van der Waals surface area contributed by atoms with Crippen molar-refractivity contribution >= 4 is 6.03 Å². The Morgan fingerprint density at radius 1 is 1.25 bits per heavy atom. The molecule has 134 valence electrons. The van der Waals surface area contributed by atoms with Crippen LogP contribution in [0.1, 0.15) is 49.7 Å². The van der Waals surface area contributed by atoms with Gasteiger partial charge in [-0.25, -0.2) is 4.79 Å². The van der Waals surface area contributed by atoms with E-state index in [-0.39, 0.29) is 12.1 Å². The van der Waals surface area contributed by atoms with Crippen molar-refractivity contribution < 1.29 is 13.9 Å². The van der Waals surface area contributed by atoms with E-state index in [4.69, 9.17) is 9.15 Å². The van der Waals surface area contributed by atoms with Gasteiger partial charge in [0.15, 0.2) is 0 Å². The zero-order valence-electron chi connectivity index (χ0n) is 14.6. The van der Waals surface area contributed by atoms with Gasteiger partial charge in [0.2, 0.25) is 0 Å². The maximum absolute atomic E-state index is 12.2. The SMILES string of the molecule is Cc1ccc([C@H](CNC(=O)NC2CCCCC2)N2CCOCC2)o1. The monoisotopic (exact) mass is 335 g/mol. The van der Waals surface area contributed by atoms with Crippen LogP contribution >= 0.6 is 0 Å². The fraction of sp³-hybridized carbons (Fsp3) is 0.722. The number of carbonyl (C=O) groups excluding carboxylic acids is 1. The summed E-state index contributed by atoms with van der Waals surface area (Å²) in [5, 5.41) is 6.15. The molecule has 0 spiro atoms. The van der Waals surface area contributed by atoms with Crippen LogP contribution in [0.15, 0.2) is 16.5 Å². The third kappa shape index (κ3) is 4.74. The molecule has 2 heterocycles.